The Morgan fingerprint density at radius 3 is 2.88 bits per heavy atom. The fourth-order valence-corrected chi connectivity index (χ4v) is 2.62. The van der Waals surface area contributed by atoms with Crippen LogP contribution in [0.5, 0.6) is 0 Å². The highest BCUT2D eigenvalue weighted by Gasteiger charge is 2.15. The van der Waals surface area contributed by atoms with Crippen LogP contribution in [0.2, 0.25) is 0 Å². The maximum Gasteiger partial charge on any atom is 0.102 e. The monoisotopic (exact) mass is 265 g/mol. The molecule has 88 valence electrons. The van der Waals surface area contributed by atoms with Crippen LogP contribution < -0.4 is 11.1 Å². The standard InChI is InChI=1S/C12H11N3S.ClH/c13-7-11-8-5-6-16-12(8)15-10-4-2-1-3-9(10)14-11;/h1-6,15H,7,13H2;1H. The molecule has 0 radical (unpaired) electrons. The summed E-state index contributed by atoms with van der Waals surface area (Å²) in [7, 11) is 0. The quantitative estimate of drug-likeness (QED) is 0.831. The molecular formula is C12H12ClN3S. The minimum atomic E-state index is 0. The van der Waals surface area contributed by atoms with Gasteiger partial charge < -0.3 is 11.1 Å². The number of fused-ring (bicyclic) bond motifs is 2. The molecule has 2 heterocycles. The molecule has 1 aromatic heterocycles. The molecular weight excluding hydrogens is 254 g/mol. The van der Waals surface area contributed by atoms with E-state index in [0.717, 1.165) is 27.7 Å². The second-order valence-corrected chi connectivity index (χ2v) is 4.48. The molecule has 1 aliphatic rings. The van der Waals surface area contributed by atoms with Crippen molar-refractivity contribution in [3.05, 3.63) is 41.3 Å². The Bertz CT molecular complexity index is 562. The lowest BCUT2D eigenvalue weighted by Crippen LogP contribution is -2.14. The Morgan fingerprint density at radius 2 is 2.06 bits per heavy atom. The highest BCUT2D eigenvalue weighted by molar-refractivity contribution is 7.14. The molecule has 3 rings (SSSR count). The van der Waals surface area contributed by atoms with E-state index in [1.54, 1.807) is 11.3 Å². The van der Waals surface area contributed by atoms with Crippen molar-refractivity contribution in [3.63, 3.8) is 0 Å². The number of thiophene rings is 1. The van der Waals surface area contributed by atoms with Crippen LogP contribution in [-0.2, 0) is 0 Å². The Kier molecular flexibility index (Phi) is 3.47. The first kappa shape index (κ1) is 12.1. The number of rotatable bonds is 1. The Morgan fingerprint density at radius 1 is 1.24 bits per heavy atom. The molecule has 2 aromatic rings. The second kappa shape index (κ2) is 4.87. The number of hydrogen-bond acceptors (Lipinski definition) is 4. The van der Waals surface area contributed by atoms with Gasteiger partial charge in [0.25, 0.3) is 0 Å². The van der Waals surface area contributed by atoms with Crippen molar-refractivity contribution in [2.75, 3.05) is 11.9 Å². The maximum absolute atomic E-state index is 5.75. The molecule has 0 unspecified atom stereocenters. The van der Waals surface area contributed by atoms with Gasteiger partial charge in [0.1, 0.15) is 5.00 Å². The van der Waals surface area contributed by atoms with Crippen molar-refractivity contribution in [1.29, 1.82) is 0 Å². The van der Waals surface area contributed by atoms with Gasteiger partial charge in [0.2, 0.25) is 0 Å². The Labute approximate surface area is 110 Å². The molecule has 1 aliphatic heterocycles. The number of nitrogens with zero attached hydrogens (tertiary/aromatic N) is 1. The van der Waals surface area contributed by atoms with Crippen LogP contribution in [0.3, 0.4) is 0 Å². The van der Waals surface area contributed by atoms with Gasteiger partial charge in [0.05, 0.1) is 17.1 Å². The van der Waals surface area contributed by atoms with Crippen LogP contribution in [0.15, 0.2) is 40.7 Å². The molecule has 17 heavy (non-hydrogen) atoms. The average molecular weight is 266 g/mol. The summed E-state index contributed by atoms with van der Waals surface area (Å²) >= 11 is 1.67. The molecule has 0 atom stereocenters. The third kappa shape index (κ3) is 2.07. The van der Waals surface area contributed by atoms with E-state index in [9.17, 15) is 0 Å². The number of nitrogens with two attached hydrogens (primary N) is 1. The molecule has 0 aliphatic carbocycles. The normalized spacial score (nSPS) is 12.4. The van der Waals surface area contributed by atoms with Crippen molar-refractivity contribution in [2.24, 2.45) is 10.7 Å². The van der Waals surface area contributed by atoms with Gasteiger partial charge >= 0.3 is 0 Å². The number of hydrogen-bond donors (Lipinski definition) is 2. The van der Waals surface area contributed by atoms with Crippen LogP contribution >= 0.6 is 23.7 Å². The predicted molar refractivity (Wildman–Crippen MR) is 76.5 cm³/mol. The van der Waals surface area contributed by atoms with Gasteiger partial charge in [-0.1, -0.05) is 12.1 Å². The van der Waals surface area contributed by atoms with E-state index in [1.165, 1.54) is 0 Å². The van der Waals surface area contributed by atoms with Gasteiger partial charge in [-0.2, -0.15) is 0 Å². The number of anilines is 2. The van der Waals surface area contributed by atoms with Gasteiger partial charge in [0, 0.05) is 12.1 Å². The van der Waals surface area contributed by atoms with Crippen LogP contribution in [0.25, 0.3) is 0 Å². The van der Waals surface area contributed by atoms with Crippen molar-refractivity contribution < 1.29 is 0 Å². The molecule has 0 amide bonds. The van der Waals surface area contributed by atoms with Gasteiger partial charge in [-0.25, -0.2) is 4.99 Å². The molecule has 0 spiro atoms. The predicted octanol–water partition coefficient (Wildman–Crippen LogP) is 3.31. The summed E-state index contributed by atoms with van der Waals surface area (Å²) in [6, 6.07) is 10.1. The smallest absolute Gasteiger partial charge is 0.102 e. The first-order chi connectivity index (χ1) is 7.88. The summed E-state index contributed by atoms with van der Waals surface area (Å²) < 4.78 is 0. The second-order valence-electron chi connectivity index (χ2n) is 3.57. The zero-order valence-corrected chi connectivity index (χ0v) is 10.6. The third-order valence-corrected chi connectivity index (χ3v) is 3.41. The zero-order chi connectivity index (χ0) is 11.0. The minimum absolute atomic E-state index is 0. The summed E-state index contributed by atoms with van der Waals surface area (Å²) in [5.41, 5.74) is 9.79. The van der Waals surface area contributed by atoms with Crippen molar-refractivity contribution in [1.82, 2.24) is 0 Å². The first-order valence-electron chi connectivity index (χ1n) is 5.10. The first-order valence-corrected chi connectivity index (χ1v) is 5.98. The van der Waals surface area contributed by atoms with E-state index in [4.69, 9.17) is 5.73 Å². The van der Waals surface area contributed by atoms with E-state index in [2.05, 4.69) is 21.8 Å². The summed E-state index contributed by atoms with van der Waals surface area (Å²) in [5, 5.41) is 6.57. The van der Waals surface area contributed by atoms with Gasteiger partial charge in [-0.15, -0.1) is 23.7 Å². The largest absolute Gasteiger partial charge is 0.345 e. The van der Waals surface area contributed by atoms with Crippen LogP contribution in [0.1, 0.15) is 5.56 Å². The maximum atomic E-state index is 5.75. The van der Waals surface area contributed by atoms with Crippen LogP contribution in [0, 0.1) is 0 Å². The molecule has 1 aromatic carbocycles. The molecule has 0 fully saturated rings. The number of benzene rings is 1. The lowest BCUT2D eigenvalue weighted by Gasteiger charge is -2.04. The number of para-hydroxylation sites is 2. The van der Waals surface area contributed by atoms with Crippen molar-refractivity contribution in [3.8, 4) is 0 Å². The third-order valence-electron chi connectivity index (χ3n) is 2.58. The minimum Gasteiger partial charge on any atom is -0.345 e. The van der Waals surface area contributed by atoms with Gasteiger partial charge in [0.15, 0.2) is 0 Å². The van der Waals surface area contributed by atoms with Crippen LogP contribution in [-0.4, -0.2) is 12.3 Å². The summed E-state index contributed by atoms with van der Waals surface area (Å²) in [6.07, 6.45) is 0. The summed E-state index contributed by atoms with van der Waals surface area (Å²) in [4.78, 5) is 4.61. The topological polar surface area (TPSA) is 50.4 Å². The molecule has 5 heteroatoms. The highest BCUT2D eigenvalue weighted by atomic mass is 35.5. The summed E-state index contributed by atoms with van der Waals surface area (Å²) in [6.45, 7) is 0.458. The Hall–Kier alpha value is -1.36. The lowest BCUT2D eigenvalue weighted by molar-refractivity contribution is 1.29. The number of halogens is 1. The number of nitrogens with one attached hydrogen (secondary N) is 1. The molecule has 0 saturated carbocycles. The molecule has 0 bridgehead atoms. The molecule has 3 N–H and O–H groups in total. The lowest BCUT2D eigenvalue weighted by atomic mass is 10.2. The van der Waals surface area contributed by atoms with E-state index in [-0.39, 0.29) is 12.4 Å². The SMILES string of the molecule is Cl.NCC1=Nc2ccccc2Nc2sccc21. The fourth-order valence-electron chi connectivity index (χ4n) is 1.79. The van der Waals surface area contributed by atoms with E-state index in [1.807, 2.05) is 24.3 Å². The molecule has 0 saturated heterocycles. The highest BCUT2D eigenvalue weighted by Crippen LogP contribution is 2.36. The molecule has 3 nitrogen and oxygen atoms in total. The van der Waals surface area contributed by atoms with E-state index < -0.39 is 0 Å². The zero-order valence-electron chi connectivity index (χ0n) is 9.01. The van der Waals surface area contributed by atoms with E-state index >= 15 is 0 Å². The Balaban J connectivity index is 0.00000108. The average Bonchev–Trinajstić information content (AvgIpc) is 2.70. The fraction of sp³-hybridized carbons (Fsp3) is 0.0833. The van der Waals surface area contributed by atoms with Crippen LogP contribution in [0.4, 0.5) is 16.4 Å². The van der Waals surface area contributed by atoms with E-state index in [0.29, 0.717) is 6.54 Å². The van der Waals surface area contributed by atoms with Crippen molar-refractivity contribution >= 4 is 45.8 Å². The van der Waals surface area contributed by atoms with Gasteiger partial charge in [-0.05, 0) is 23.6 Å². The number of aliphatic imine (C=N–C) groups is 1. The summed E-state index contributed by atoms with van der Waals surface area (Å²) in [5.74, 6) is 0. The van der Waals surface area contributed by atoms with Crippen molar-refractivity contribution in [2.45, 2.75) is 0 Å². The van der Waals surface area contributed by atoms with Gasteiger partial charge in [-0.3, -0.25) is 0 Å².